The predicted octanol–water partition coefficient (Wildman–Crippen LogP) is 3.49. The second kappa shape index (κ2) is 6.71. The Morgan fingerprint density at radius 1 is 1.30 bits per heavy atom. The molecule has 1 aliphatic carbocycles. The van der Waals surface area contributed by atoms with Gasteiger partial charge in [0.2, 0.25) is 5.78 Å². The maximum Gasteiger partial charge on any atom is 0.207 e. The summed E-state index contributed by atoms with van der Waals surface area (Å²) in [5, 5.41) is 0. The van der Waals surface area contributed by atoms with E-state index in [9.17, 15) is 9.59 Å². The van der Waals surface area contributed by atoms with Crippen molar-refractivity contribution in [2.75, 3.05) is 20.5 Å². The summed E-state index contributed by atoms with van der Waals surface area (Å²) in [5.74, 6) is 1.06. The molecule has 1 aromatic rings. The largest absolute Gasteiger partial charge is 0.485 e. The van der Waals surface area contributed by atoms with Gasteiger partial charge in [-0.15, -0.1) is 0 Å². The Bertz CT molecular complexity index is 629. The van der Waals surface area contributed by atoms with Crippen LogP contribution >= 0.6 is 0 Å². The average Bonchev–Trinajstić information content (AvgIpc) is 2.93. The van der Waals surface area contributed by atoms with Crippen LogP contribution in [0.2, 0.25) is 0 Å². The lowest BCUT2D eigenvalue weighted by atomic mass is 9.80. The molecule has 3 rings (SSSR count). The first-order valence-corrected chi connectivity index (χ1v) is 8.13. The van der Waals surface area contributed by atoms with Gasteiger partial charge in [0.15, 0.2) is 19.2 Å². The molecule has 5 heteroatoms. The fourth-order valence-corrected chi connectivity index (χ4v) is 3.60. The monoisotopic (exact) mass is 318 g/mol. The first-order valence-electron chi connectivity index (χ1n) is 8.13. The molecule has 0 unspecified atom stereocenters. The van der Waals surface area contributed by atoms with Crippen molar-refractivity contribution < 1.29 is 23.8 Å². The third-order valence-corrected chi connectivity index (χ3v) is 4.64. The van der Waals surface area contributed by atoms with Gasteiger partial charge >= 0.3 is 0 Å². The molecule has 1 heterocycles. The molecule has 0 atom stereocenters. The fraction of sp³-hybridized carbons (Fsp3) is 0.556. The van der Waals surface area contributed by atoms with Crippen LogP contribution in [0.4, 0.5) is 0 Å². The zero-order valence-electron chi connectivity index (χ0n) is 13.6. The molecule has 0 bridgehead atoms. The summed E-state index contributed by atoms with van der Waals surface area (Å²) in [6.07, 6.45) is 5.50. The number of fused-ring (bicyclic) bond motifs is 1. The first-order chi connectivity index (χ1) is 11.1. The zero-order valence-corrected chi connectivity index (χ0v) is 13.6. The molecule has 0 spiro atoms. The van der Waals surface area contributed by atoms with Gasteiger partial charge in [-0.2, -0.15) is 0 Å². The fourth-order valence-electron chi connectivity index (χ4n) is 3.60. The lowest BCUT2D eigenvalue weighted by Gasteiger charge is -2.27. The van der Waals surface area contributed by atoms with E-state index >= 15 is 0 Å². The topological polar surface area (TPSA) is 61.8 Å². The van der Waals surface area contributed by atoms with Gasteiger partial charge in [-0.25, -0.2) is 0 Å². The van der Waals surface area contributed by atoms with Crippen LogP contribution in [0.15, 0.2) is 6.07 Å². The summed E-state index contributed by atoms with van der Waals surface area (Å²) >= 11 is 0. The van der Waals surface area contributed by atoms with Gasteiger partial charge in [-0.05, 0) is 31.7 Å². The van der Waals surface area contributed by atoms with Gasteiger partial charge in [0.25, 0.3) is 0 Å². The van der Waals surface area contributed by atoms with Crippen molar-refractivity contribution in [1.29, 1.82) is 0 Å². The molecule has 1 fully saturated rings. The van der Waals surface area contributed by atoms with E-state index in [4.69, 9.17) is 14.2 Å². The average molecular weight is 318 g/mol. The second-order valence-corrected chi connectivity index (χ2v) is 6.19. The van der Waals surface area contributed by atoms with E-state index in [0.29, 0.717) is 22.6 Å². The normalized spacial score (nSPS) is 17.7. The van der Waals surface area contributed by atoms with Crippen LogP contribution < -0.4 is 9.47 Å². The predicted molar refractivity (Wildman–Crippen MR) is 84.6 cm³/mol. The molecule has 0 radical (unpaired) electrons. The second-order valence-electron chi connectivity index (χ2n) is 6.19. The third kappa shape index (κ3) is 2.98. The lowest BCUT2D eigenvalue weighted by Crippen LogP contribution is -2.15. The van der Waals surface area contributed by atoms with Crippen molar-refractivity contribution in [1.82, 2.24) is 0 Å². The number of Topliss-reactive ketones (excluding diaryl/α,β-unsaturated/α-hetero) is 2. The molecule has 124 valence electrons. The molecule has 5 nitrogen and oxygen atoms in total. The Labute approximate surface area is 135 Å². The highest BCUT2D eigenvalue weighted by Crippen LogP contribution is 2.46. The van der Waals surface area contributed by atoms with Gasteiger partial charge < -0.3 is 14.2 Å². The molecule has 0 N–H and O–H groups in total. The minimum absolute atomic E-state index is 0.00411. The Kier molecular flexibility index (Phi) is 4.66. The van der Waals surface area contributed by atoms with Crippen molar-refractivity contribution in [3.8, 4) is 11.5 Å². The SMILES string of the molecule is COCOc1c2c(cc(C(C)=O)c1C1CCCCC1)OCC2=O. The van der Waals surface area contributed by atoms with E-state index in [1.54, 1.807) is 13.0 Å². The van der Waals surface area contributed by atoms with Crippen LogP contribution in [-0.2, 0) is 4.74 Å². The minimum atomic E-state index is -0.0988. The quantitative estimate of drug-likeness (QED) is 0.614. The number of hydrogen-bond acceptors (Lipinski definition) is 5. The van der Waals surface area contributed by atoms with Crippen LogP contribution in [0.3, 0.4) is 0 Å². The molecule has 1 saturated carbocycles. The highest BCUT2D eigenvalue weighted by molar-refractivity contribution is 6.08. The number of methoxy groups -OCH3 is 1. The maximum absolute atomic E-state index is 12.2. The lowest BCUT2D eigenvalue weighted by molar-refractivity contribution is 0.0491. The van der Waals surface area contributed by atoms with Crippen molar-refractivity contribution in [2.45, 2.75) is 44.9 Å². The molecule has 1 aromatic carbocycles. The van der Waals surface area contributed by atoms with Crippen molar-refractivity contribution in [2.24, 2.45) is 0 Å². The molecule has 0 aromatic heterocycles. The third-order valence-electron chi connectivity index (χ3n) is 4.64. The summed E-state index contributed by atoms with van der Waals surface area (Å²) in [7, 11) is 1.54. The Morgan fingerprint density at radius 2 is 2.04 bits per heavy atom. The Morgan fingerprint density at radius 3 is 2.70 bits per heavy atom. The van der Waals surface area contributed by atoms with Crippen LogP contribution in [-0.4, -0.2) is 32.1 Å². The molecule has 0 amide bonds. The highest BCUT2D eigenvalue weighted by Gasteiger charge is 2.34. The number of carbonyl (C=O) groups is 2. The van der Waals surface area contributed by atoms with Gasteiger partial charge in [0, 0.05) is 18.2 Å². The van der Waals surface area contributed by atoms with E-state index < -0.39 is 0 Å². The number of rotatable bonds is 5. The Hall–Kier alpha value is -1.88. The number of benzene rings is 1. The summed E-state index contributed by atoms with van der Waals surface area (Å²) < 4.78 is 16.2. The number of ketones is 2. The summed E-state index contributed by atoms with van der Waals surface area (Å²) in [6, 6.07) is 1.71. The number of hydrogen-bond donors (Lipinski definition) is 0. The van der Waals surface area contributed by atoms with Gasteiger partial charge in [0.1, 0.15) is 17.1 Å². The smallest absolute Gasteiger partial charge is 0.207 e. The van der Waals surface area contributed by atoms with E-state index in [0.717, 1.165) is 31.2 Å². The molecule has 23 heavy (non-hydrogen) atoms. The van der Waals surface area contributed by atoms with Gasteiger partial charge in [-0.1, -0.05) is 19.3 Å². The number of ether oxygens (including phenoxy) is 3. The summed E-state index contributed by atoms with van der Waals surface area (Å²) in [4.78, 5) is 24.4. The van der Waals surface area contributed by atoms with Crippen molar-refractivity contribution in [3.05, 3.63) is 22.8 Å². The van der Waals surface area contributed by atoms with Crippen LogP contribution in [0, 0.1) is 0 Å². The van der Waals surface area contributed by atoms with Gasteiger partial charge in [-0.3, -0.25) is 9.59 Å². The Balaban J connectivity index is 2.17. The van der Waals surface area contributed by atoms with E-state index in [-0.39, 0.29) is 30.9 Å². The highest BCUT2D eigenvalue weighted by atomic mass is 16.7. The van der Waals surface area contributed by atoms with Crippen LogP contribution in [0.1, 0.15) is 71.2 Å². The first kappa shape index (κ1) is 16.0. The molecular formula is C18H22O5. The minimum Gasteiger partial charge on any atom is -0.485 e. The maximum atomic E-state index is 12.2. The molecular weight excluding hydrogens is 296 g/mol. The van der Waals surface area contributed by atoms with Crippen LogP contribution in [0.5, 0.6) is 11.5 Å². The van der Waals surface area contributed by atoms with E-state index in [2.05, 4.69) is 0 Å². The molecule has 2 aliphatic rings. The standard InChI is InChI=1S/C18H22O5/c1-11(19)13-8-15-17(14(20)9-22-15)18(23-10-21-2)16(13)12-6-4-3-5-7-12/h8,12H,3-7,9-10H2,1-2H3. The van der Waals surface area contributed by atoms with Crippen molar-refractivity contribution in [3.63, 3.8) is 0 Å². The summed E-state index contributed by atoms with van der Waals surface area (Å²) in [5.41, 5.74) is 1.94. The van der Waals surface area contributed by atoms with E-state index in [1.807, 2.05) is 0 Å². The number of carbonyl (C=O) groups excluding carboxylic acids is 2. The van der Waals surface area contributed by atoms with E-state index in [1.165, 1.54) is 13.5 Å². The zero-order chi connectivity index (χ0) is 16.4. The van der Waals surface area contributed by atoms with Gasteiger partial charge in [0.05, 0.1) is 0 Å². The molecule has 0 saturated heterocycles. The van der Waals surface area contributed by atoms with Crippen LogP contribution in [0.25, 0.3) is 0 Å². The molecule has 1 aliphatic heterocycles. The van der Waals surface area contributed by atoms with Crippen molar-refractivity contribution >= 4 is 11.6 Å². The summed E-state index contributed by atoms with van der Waals surface area (Å²) in [6.45, 7) is 1.59.